The standard InChI is InChI=1S/C8H12N4S/c9-11-8(13)12-10-6-7-4-2-1-3-5-7/h1-5,10H,6,9H2,(H2,11,12,13). The summed E-state index contributed by atoms with van der Waals surface area (Å²) in [6, 6.07) is 9.98. The maximum Gasteiger partial charge on any atom is 0.195 e. The molecule has 4 nitrogen and oxygen atoms in total. The molecule has 13 heavy (non-hydrogen) atoms. The largest absolute Gasteiger partial charge is 0.300 e. The Hall–Kier alpha value is -1.17. The van der Waals surface area contributed by atoms with Gasteiger partial charge >= 0.3 is 0 Å². The summed E-state index contributed by atoms with van der Waals surface area (Å²) in [6.45, 7) is 0.697. The Morgan fingerprint density at radius 2 is 2.00 bits per heavy atom. The van der Waals surface area contributed by atoms with Gasteiger partial charge in [-0.2, -0.15) is 0 Å². The van der Waals surface area contributed by atoms with E-state index in [-0.39, 0.29) is 0 Å². The molecule has 0 aliphatic heterocycles. The Balaban J connectivity index is 2.24. The van der Waals surface area contributed by atoms with E-state index in [1.807, 2.05) is 30.3 Å². The van der Waals surface area contributed by atoms with Crippen molar-refractivity contribution in [2.45, 2.75) is 6.54 Å². The molecule has 0 heterocycles. The van der Waals surface area contributed by atoms with Gasteiger partial charge in [-0.15, -0.1) is 0 Å². The van der Waals surface area contributed by atoms with Crippen LogP contribution in [0, 0.1) is 0 Å². The first-order valence-electron chi connectivity index (χ1n) is 3.86. The Labute approximate surface area is 82.4 Å². The van der Waals surface area contributed by atoms with Gasteiger partial charge < -0.3 is 0 Å². The van der Waals surface area contributed by atoms with Crippen molar-refractivity contribution in [3.05, 3.63) is 35.9 Å². The van der Waals surface area contributed by atoms with Crippen LogP contribution in [0.3, 0.4) is 0 Å². The molecule has 0 aromatic heterocycles. The van der Waals surface area contributed by atoms with Crippen LogP contribution in [0.25, 0.3) is 0 Å². The normalized spacial score (nSPS) is 9.31. The van der Waals surface area contributed by atoms with Crippen LogP contribution in [0.2, 0.25) is 0 Å². The first kappa shape index (κ1) is 9.91. The molecule has 0 saturated heterocycles. The second-order valence-corrected chi connectivity index (χ2v) is 2.85. The van der Waals surface area contributed by atoms with Crippen LogP contribution in [0.1, 0.15) is 5.56 Å². The minimum absolute atomic E-state index is 0.371. The van der Waals surface area contributed by atoms with E-state index in [9.17, 15) is 0 Å². The lowest BCUT2D eigenvalue weighted by molar-refractivity contribution is 0.644. The molecule has 0 unspecified atom stereocenters. The Morgan fingerprint density at radius 1 is 1.31 bits per heavy atom. The van der Waals surface area contributed by atoms with E-state index in [0.29, 0.717) is 11.7 Å². The van der Waals surface area contributed by atoms with Gasteiger partial charge in [0.1, 0.15) is 0 Å². The van der Waals surface area contributed by atoms with Gasteiger partial charge in [0, 0.05) is 6.54 Å². The minimum Gasteiger partial charge on any atom is -0.300 e. The zero-order valence-corrected chi connectivity index (χ0v) is 7.90. The van der Waals surface area contributed by atoms with Crippen LogP contribution in [0.4, 0.5) is 0 Å². The Morgan fingerprint density at radius 3 is 2.62 bits per heavy atom. The molecule has 0 amide bonds. The van der Waals surface area contributed by atoms with Crippen molar-refractivity contribution in [2.75, 3.05) is 0 Å². The van der Waals surface area contributed by atoms with Crippen molar-refractivity contribution >= 4 is 17.3 Å². The molecule has 1 rings (SSSR count). The Bertz CT molecular complexity index is 262. The number of nitrogens with two attached hydrogens (primary N) is 1. The first-order valence-corrected chi connectivity index (χ1v) is 4.27. The van der Waals surface area contributed by atoms with Crippen LogP contribution < -0.4 is 22.1 Å². The number of hydrazine groups is 2. The van der Waals surface area contributed by atoms with Crippen molar-refractivity contribution in [3.63, 3.8) is 0 Å². The molecule has 0 spiro atoms. The number of rotatable bonds is 3. The summed E-state index contributed by atoms with van der Waals surface area (Å²) in [6.07, 6.45) is 0. The topological polar surface area (TPSA) is 62.1 Å². The monoisotopic (exact) mass is 196 g/mol. The van der Waals surface area contributed by atoms with Crippen molar-refractivity contribution in [1.82, 2.24) is 16.3 Å². The van der Waals surface area contributed by atoms with Crippen LogP contribution in [-0.4, -0.2) is 5.11 Å². The smallest absolute Gasteiger partial charge is 0.195 e. The number of hydrogen-bond acceptors (Lipinski definition) is 3. The number of hydrogen-bond donors (Lipinski definition) is 4. The van der Waals surface area contributed by atoms with Crippen molar-refractivity contribution in [3.8, 4) is 0 Å². The summed E-state index contributed by atoms with van der Waals surface area (Å²) in [5, 5.41) is 0.371. The molecule has 0 saturated carbocycles. The predicted molar refractivity (Wildman–Crippen MR) is 56.3 cm³/mol. The zero-order chi connectivity index (χ0) is 9.52. The second kappa shape index (κ2) is 5.47. The fourth-order valence-electron chi connectivity index (χ4n) is 0.858. The fourth-order valence-corrected chi connectivity index (χ4v) is 0.931. The van der Waals surface area contributed by atoms with Gasteiger partial charge in [-0.1, -0.05) is 30.3 Å². The molecule has 0 radical (unpaired) electrons. The summed E-state index contributed by atoms with van der Waals surface area (Å²) < 4.78 is 0. The third kappa shape index (κ3) is 3.84. The van der Waals surface area contributed by atoms with Gasteiger partial charge in [0.15, 0.2) is 5.11 Å². The summed E-state index contributed by atoms with van der Waals surface area (Å²) in [5.74, 6) is 5.06. The Kier molecular flexibility index (Phi) is 4.17. The number of nitrogens with one attached hydrogen (secondary N) is 3. The van der Waals surface area contributed by atoms with E-state index in [2.05, 4.69) is 16.3 Å². The summed E-state index contributed by atoms with van der Waals surface area (Å²) in [5.41, 5.74) is 9.13. The van der Waals surface area contributed by atoms with Crippen molar-refractivity contribution in [2.24, 2.45) is 5.84 Å². The quantitative estimate of drug-likeness (QED) is 0.312. The highest BCUT2D eigenvalue weighted by Crippen LogP contribution is 1.95. The predicted octanol–water partition coefficient (Wildman–Crippen LogP) is 0.0290. The summed E-state index contributed by atoms with van der Waals surface area (Å²) >= 11 is 4.76. The van der Waals surface area contributed by atoms with Gasteiger partial charge in [-0.25, -0.2) is 11.3 Å². The first-order chi connectivity index (χ1) is 6.33. The zero-order valence-electron chi connectivity index (χ0n) is 7.08. The molecule has 0 bridgehead atoms. The highest BCUT2D eigenvalue weighted by atomic mass is 32.1. The molecule has 0 aliphatic carbocycles. The van der Waals surface area contributed by atoms with E-state index < -0.39 is 0 Å². The van der Waals surface area contributed by atoms with E-state index in [1.165, 1.54) is 5.56 Å². The van der Waals surface area contributed by atoms with E-state index in [1.54, 1.807) is 0 Å². The van der Waals surface area contributed by atoms with Crippen molar-refractivity contribution < 1.29 is 0 Å². The molecule has 0 atom stereocenters. The molecule has 5 N–H and O–H groups in total. The van der Waals surface area contributed by atoms with Crippen LogP contribution in [0.15, 0.2) is 30.3 Å². The van der Waals surface area contributed by atoms with E-state index in [4.69, 9.17) is 18.1 Å². The van der Waals surface area contributed by atoms with Gasteiger partial charge in [0.25, 0.3) is 0 Å². The lowest BCUT2D eigenvalue weighted by Gasteiger charge is -2.07. The number of benzene rings is 1. The highest BCUT2D eigenvalue weighted by Gasteiger charge is 1.91. The lowest BCUT2D eigenvalue weighted by Crippen LogP contribution is -2.46. The van der Waals surface area contributed by atoms with Crippen LogP contribution in [0.5, 0.6) is 0 Å². The molecule has 5 heteroatoms. The maximum absolute atomic E-state index is 5.06. The second-order valence-electron chi connectivity index (χ2n) is 2.44. The lowest BCUT2D eigenvalue weighted by atomic mass is 10.2. The summed E-state index contributed by atoms with van der Waals surface area (Å²) in [7, 11) is 0. The summed E-state index contributed by atoms with van der Waals surface area (Å²) in [4.78, 5) is 0. The molecule has 0 aliphatic rings. The molecule has 70 valence electrons. The van der Waals surface area contributed by atoms with E-state index in [0.717, 1.165) is 0 Å². The number of thiocarbonyl (C=S) groups is 1. The molecular weight excluding hydrogens is 184 g/mol. The van der Waals surface area contributed by atoms with Gasteiger partial charge in [-0.05, 0) is 17.8 Å². The van der Waals surface area contributed by atoms with E-state index >= 15 is 0 Å². The fraction of sp³-hybridized carbons (Fsp3) is 0.125. The van der Waals surface area contributed by atoms with Crippen LogP contribution in [-0.2, 0) is 6.54 Å². The van der Waals surface area contributed by atoms with Crippen LogP contribution >= 0.6 is 12.2 Å². The van der Waals surface area contributed by atoms with Gasteiger partial charge in [-0.3, -0.25) is 10.9 Å². The minimum atomic E-state index is 0.371. The van der Waals surface area contributed by atoms with Crippen molar-refractivity contribution in [1.29, 1.82) is 0 Å². The third-order valence-corrected chi connectivity index (χ3v) is 1.69. The highest BCUT2D eigenvalue weighted by molar-refractivity contribution is 7.80. The third-order valence-electron chi connectivity index (χ3n) is 1.47. The van der Waals surface area contributed by atoms with Gasteiger partial charge in [0.05, 0.1) is 0 Å². The average molecular weight is 196 g/mol. The SMILES string of the molecule is NNC(=S)NNCc1ccccc1. The average Bonchev–Trinajstić information content (AvgIpc) is 2.19. The molecule has 1 aromatic rings. The molecule has 0 fully saturated rings. The molecular formula is C8H12N4S. The maximum atomic E-state index is 5.06. The molecule has 1 aromatic carbocycles. The van der Waals surface area contributed by atoms with Gasteiger partial charge in [0.2, 0.25) is 0 Å².